The van der Waals surface area contributed by atoms with Gasteiger partial charge in [0.15, 0.2) is 14.1 Å². The average molecular weight is 514 g/mol. The van der Waals surface area contributed by atoms with Gasteiger partial charge in [0, 0.05) is 55.3 Å². The first-order chi connectivity index (χ1) is 17.4. The number of carbonyl (C=O) groups is 1. The number of carbonyl (C=O) groups excluding carboxylic acids is 1. The molecule has 1 aliphatic rings. The quantitative estimate of drug-likeness (QED) is 0.348. The second-order valence-electron chi connectivity index (χ2n) is 11.3. The lowest BCUT2D eigenvalue weighted by molar-refractivity contribution is 0.219. The standard InChI is InChI=1S/C26H33BN7O2Si/c1-25(2,3)37(6,7)36-16-26(4)15-34(27-17-35)23-19(14-28)12-18(13-20(23)26)21-8-10-29-24(30-21)31-22-9-11-33(5)32-22/h8-13,17H,15-16H2,1-7H3,(H,29,30,31,32)/t26-/m1/s1. The maximum atomic E-state index is 11.5. The predicted molar refractivity (Wildman–Crippen MR) is 149 cm³/mol. The molecule has 0 unspecified atom stereocenters. The lowest BCUT2D eigenvalue weighted by atomic mass is 9.83. The highest BCUT2D eigenvalue weighted by Crippen LogP contribution is 2.46. The minimum absolute atomic E-state index is 0.0665. The Balaban J connectivity index is 1.75. The van der Waals surface area contributed by atoms with Crippen molar-refractivity contribution in [3.05, 3.63) is 47.8 Å². The van der Waals surface area contributed by atoms with Crippen LogP contribution in [0.3, 0.4) is 0 Å². The van der Waals surface area contributed by atoms with Crippen LogP contribution < -0.4 is 10.1 Å². The zero-order valence-electron chi connectivity index (χ0n) is 22.5. The molecule has 11 heteroatoms. The Labute approximate surface area is 220 Å². The molecule has 1 radical (unpaired) electrons. The van der Waals surface area contributed by atoms with E-state index in [1.54, 1.807) is 10.9 Å². The fourth-order valence-electron chi connectivity index (χ4n) is 4.23. The van der Waals surface area contributed by atoms with E-state index in [9.17, 15) is 10.1 Å². The zero-order valence-corrected chi connectivity index (χ0v) is 23.5. The van der Waals surface area contributed by atoms with E-state index < -0.39 is 13.7 Å². The molecule has 2 aromatic heterocycles. The first-order valence-corrected chi connectivity index (χ1v) is 15.2. The van der Waals surface area contributed by atoms with Gasteiger partial charge in [-0.05, 0) is 41.9 Å². The average Bonchev–Trinajstić information content (AvgIpc) is 3.37. The van der Waals surface area contributed by atoms with Crippen LogP contribution in [0.15, 0.2) is 36.7 Å². The highest BCUT2D eigenvalue weighted by molar-refractivity contribution is 6.74. The van der Waals surface area contributed by atoms with Crippen molar-refractivity contribution in [2.24, 2.45) is 7.05 Å². The van der Waals surface area contributed by atoms with Crippen molar-refractivity contribution in [2.75, 3.05) is 23.3 Å². The number of nitriles is 1. The van der Waals surface area contributed by atoms with Crippen molar-refractivity contribution in [1.29, 1.82) is 5.26 Å². The summed E-state index contributed by atoms with van der Waals surface area (Å²) in [6, 6.07) is 9.88. The lowest BCUT2D eigenvalue weighted by Crippen LogP contribution is -2.46. The molecule has 1 N–H and O–H groups in total. The monoisotopic (exact) mass is 514 g/mol. The topological polar surface area (TPSA) is 109 Å². The maximum absolute atomic E-state index is 11.5. The minimum Gasteiger partial charge on any atom is -0.416 e. The van der Waals surface area contributed by atoms with Crippen molar-refractivity contribution < 1.29 is 9.22 Å². The highest BCUT2D eigenvalue weighted by atomic mass is 28.4. The molecule has 0 fully saturated rings. The summed E-state index contributed by atoms with van der Waals surface area (Å²) in [4.78, 5) is 22.4. The molecule has 4 rings (SSSR count). The van der Waals surface area contributed by atoms with Crippen LogP contribution in [0.1, 0.15) is 38.8 Å². The van der Waals surface area contributed by atoms with E-state index in [4.69, 9.17) is 4.43 Å². The van der Waals surface area contributed by atoms with Crippen LogP contribution in [0.5, 0.6) is 0 Å². The van der Waals surface area contributed by atoms with Crippen LogP contribution in [0, 0.1) is 11.3 Å². The number of benzene rings is 1. The molecule has 0 saturated carbocycles. The van der Waals surface area contributed by atoms with E-state index in [0.29, 0.717) is 36.2 Å². The first-order valence-electron chi connectivity index (χ1n) is 12.2. The van der Waals surface area contributed by atoms with Gasteiger partial charge in [0.05, 0.1) is 11.3 Å². The van der Waals surface area contributed by atoms with Gasteiger partial charge >= 0.3 is 7.41 Å². The molecule has 0 saturated heterocycles. The summed E-state index contributed by atoms with van der Waals surface area (Å²) in [5.74, 6) is 1.05. The van der Waals surface area contributed by atoms with Gasteiger partial charge < -0.3 is 19.3 Å². The number of hydrogen-bond donors (Lipinski definition) is 1. The van der Waals surface area contributed by atoms with E-state index in [1.807, 2.05) is 36.3 Å². The summed E-state index contributed by atoms with van der Waals surface area (Å²) >= 11 is 0. The van der Waals surface area contributed by atoms with Gasteiger partial charge in [0.25, 0.3) is 0 Å². The van der Waals surface area contributed by atoms with Gasteiger partial charge in [0.1, 0.15) is 12.3 Å². The molecular formula is C26H33BN7O2Si. The maximum Gasteiger partial charge on any atom is 0.329 e. The Morgan fingerprint density at radius 2 is 2.08 bits per heavy atom. The molecule has 1 aliphatic heterocycles. The predicted octanol–water partition coefficient (Wildman–Crippen LogP) is 4.40. The number of fused-ring (bicyclic) bond motifs is 1. The molecule has 0 amide bonds. The van der Waals surface area contributed by atoms with E-state index in [2.05, 4.69) is 73.3 Å². The van der Waals surface area contributed by atoms with Gasteiger partial charge in [-0.1, -0.05) is 27.7 Å². The second-order valence-corrected chi connectivity index (χ2v) is 16.1. The number of anilines is 3. The highest BCUT2D eigenvalue weighted by Gasteiger charge is 2.44. The summed E-state index contributed by atoms with van der Waals surface area (Å²) in [6.45, 7) is 14.3. The summed E-state index contributed by atoms with van der Waals surface area (Å²) in [5.41, 5.74) is 3.26. The van der Waals surface area contributed by atoms with Crippen LogP contribution in [-0.2, 0) is 21.7 Å². The second kappa shape index (κ2) is 9.76. The Kier molecular flexibility index (Phi) is 7.01. The van der Waals surface area contributed by atoms with Crippen molar-refractivity contribution in [3.8, 4) is 17.3 Å². The number of nitrogens with one attached hydrogen (secondary N) is 1. The third kappa shape index (κ3) is 5.31. The Morgan fingerprint density at radius 1 is 1.32 bits per heavy atom. The smallest absolute Gasteiger partial charge is 0.329 e. The van der Waals surface area contributed by atoms with Gasteiger partial charge in [0.2, 0.25) is 5.95 Å². The van der Waals surface area contributed by atoms with Crippen LogP contribution in [0.25, 0.3) is 11.3 Å². The molecule has 9 nitrogen and oxygen atoms in total. The first kappa shape index (κ1) is 26.6. The Morgan fingerprint density at radius 3 is 2.70 bits per heavy atom. The fourth-order valence-corrected chi connectivity index (χ4v) is 5.35. The summed E-state index contributed by atoms with van der Waals surface area (Å²) in [5, 5.41) is 17.6. The van der Waals surface area contributed by atoms with Crippen LogP contribution in [-0.4, -0.2) is 54.8 Å². The molecule has 0 aliphatic carbocycles. The van der Waals surface area contributed by atoms with Gasteiger partial charge in [-0.2, -0.15) is 10.4 Å². The molecule has 37 heavy (non-hydrogen) atoms. The molecule has 3 heterocycles. The number of aryl methyl sites for hydroxylation is 1. The number of hydrogen-bond acceptors (Lipinski definition) is 8. The molecule has 3 aromatic rings. The normalized spacial score (nSPS) is 17.3. The van der Waals surface area contributed by atoms with E-state index in [1.165, 1.54) is 7.41 Å². The zero-order chi connectivity index (χ0) is 27.0. The third-order valence-electron chi connectivity index (χ3n) is 7.39. The largest absolute Gasteiger partial charge is 0.416 e. The van der Waals surface area contributed by atoms with Crippen LogP contribution in [0.4, 0.5) is 17.5 Å². The van der Waals surface area contributed by atoms with E-state index >= 15 is 0 Å². The number of nitrogens with zero attached hydrogens (tertiary/aromatic N) is 6. The molecule has 191 valence electrons. The fraction of sp³-hybridized carbons (Fsp3) is 0.423. The van der Waals surface area contributed by atoms with Gasteiger partial charge in [-0.3, -0.25) is 4.68 Å². The van der Waals surface area contributed by atoms with Crippen molar-refractivity contribution in [3.63, 3.8) is 0 Å². The third-order valence-corrected chi connectivity index (χ3v) is 11.9. The van der Waals surface area contributed by atoms with Crippen LogP contribution >= 0.6 is 0 Å². The SMILES string of the molecule is Cn1ccc(Nc2nccc(-c3cc(C#N)c4c(c3)[C@@](C)(CO[Si](C)(C)C(C)(C)C)CN4[B]C=O)n2)n1. The van der Waals surface area contributed by atoms with Gasteiger partial charge in [-0.25, -0.2) is 9.97 Å². The molecule has 0 spiro atoms. The molecule has 1 atom stereocenters. The van der Waals surface area contributed by atoms with Crippen LogP contribution in [0.2, 0.25) is 18.1 Å². The summed E-state index contributed by atoms with van der Waals surface area (Å²) in [6.07, 6.45) is 4.28. The lowest BCUT2D eigenvalue weighted by Gasteiger charge is -2.39. The summed E-state index contributed by atoms with van der Waals surface area (Å²) < 4.78 is 8.35. The van der Waals surface area contributed by atoms with Gasteiger partial charge in [-0.15, -0.1) is 0 Å². The number of aromatic nitrogens is 4. The van der Waals surface area contributed by atoms with E-state index in [-0.39, 0.29) is 5.04 Å². The van der Waals surface area contributed by atoms with E-state index in [0.717, 1.165) is 23.0 Å². The summed E-state index contributed by atoms with van der Waals surface area (Å²) in [7, 11) is 1.31. The molecular weight excluding hydrogens is 481 g/mol. The van der Waals surface area contributed by atoms with Crippen molar-refractivity contribution in [1.82, 2.24) is 19.7 Å². The Hall–Kier alpha value is -3.49. The Bertz CT molecular complexity index is 1360. The van der Waals surface area contributed by atoms with Crippen molar-refractivity contribution >= 4 is 39.4 Å². The molecule has 0 bridgehead atoms. The number of rotatable bonds is 8. The van der Waals surface area contributed by atoms with Crippen molar-refractivity contribution in [2.45, 2.75) is 51.2 Å². The minimum atomic E-state index is -2.02. The molecule has 1 aromatic carbocycles.